The topological polar surface area (TPSA) is 64.3 Å². The minimum absolute atomic E-state index is 0. The maximum absolute atomic E-state index is 6.35. The second-order valence-corrected chi connectivity index (χ2v) is 16.0. The van der Waals surface area contributed by atoms with Crippen LogP contribution in [0.25, 0.3) is 87.7 Å². The van der Waals surface area contributed by atoms with Crippen molar-refractivity contribution in [1.82, 2.24) is 0 Å². The van der Waals surface area contributed by atoms with Crippen LogP contribution in [-0.4, -0.2) is 0 Å². The van der Waals surface area contributed by atoms with Gasteiger partial charge in [0.05, 0.1) is 9.26 Å². The molecule has 0 aliphatic carbocycles. The Labute approximate surface area is 374 Å². The summed E-state index contributed by atoms with van der Waals surface area (Å²) in [4.78, 5) is 0. The Bertz CT molecular complexity index is 3480. The number of benzene rings is 10. The third-order valence-corrected chi connectivity index (χ3v) is 11.8. The molecule has 0 unspecified atom stereocenters. The number of nitrogens with two attached hydrogens (primary N) is 1. The van der Waals surface area contributed by atoms with E-state index in [0.717, 1.165) is 64.9 Å². The quantitative estimate of drug-likeness (QED) is 0.136. The molecule has 0 amide bonds. The molecule has 300 valence electrons. The van der Waals surface area contributed by atoms with Crippen molar-refractivity contribution in [2.45, 2.75) is 7.43 Å². The number of para-hydroxylation sites is 4. The Balaban J connectivity index is 0.000000130. The van der Waals surface area contributed by atoms with Gasteiger partial charge in [0.1, 0.15) is 16.7 Å². The predicted molar refractivity (Wildman–Crippen MR) is 273 cm³/mol. The first-order valence-corrected chi connectivity index (χ1v) is 21.3. The van der Waals surface area contributed by atoms with Crippen LogP contribution in [0, 0.1) is 3.57 Å². The summed E-state index contributed by atoms with van der Waals surface area (Å²) in [5, 5.41) is 13.3. The number of rotatable bonds is 4. The van der Waals surface area contributed by atoms with E-state index in [1.807, 2.05) is 72.8 Å². The molecule has 2 aromatic heterocycles. The van der Waals surface area contributed by atoms with Gasteiger partial charge >= 0.3 is 0 Å². The summed E-state index contributed by atoms with van der Waals surface area (Å²) in [5.41, 5.74) is 17.1. The van der Waals surface area contributed by atoms with E-state index in [9.17, 15) is 0 Å². The largest absolute Gasteiger partial charge is 0.455 e. The van der Waals surface area contributed by atoms with Gasteiger partial charge < -0.3 is 19.9 Å². The van der Waals surface area contributed by atoms with Crippen molar-refractivity contribution < 1.29 is 8.83 Å². The summed E-state index contributed by atoms with van der Waals surface area (Å²) < 4.78 is 13.5. The Morgan fingerprint density at radius 1 is 0.387 bits per heavy atom. The predicted octanol–water partition coefficient (Wildman–Crippen LogP) is 17.1. The molecule has 0 spiro atoms. The highest BCUT2D eigenvalue weighted by Gasteiger charge is 2.16. The number of hydrogen-bond acceptors (Lipinski definition) is 4. The summed E-state index contributed by atoms with van der Waals surface area (Å²) in [6.45, 7) is 0. The SMILES string of the molecule is C.Ic1cc2ccccc2c2c1oc1ccccc12.Nc1ccccc1-c1ccccc1.c1ccc(-c2ccccc2Nc2cc3ccccc3c3c2oc2ccccc23)cc1. The van der Waals surface area contributed by atoms with Crippen LogP contribution in [0.5, 0.6) is 0 Å². The summed E-state index contributed by atoms with van der Waals surface area (Å²) in [5.74, 6) is 0. The smallest absolute Gasteiger partial charge is 0.159 e. The van der Waals surface area contributed by atoms with Gasteiger partial charge in [-0.2, -0.15) is 0 Å². The minimum Gasteiger partial charge on any atom is -0.455 e. The molecule has 12 aromatic rings. The van der Waals surface area contributed by atoms with Crippen LogP contribution in [0.15, 0.2) is 227 Å². The summed E-state index contributed by atoms with van der Waals surface area (Å²) in [7, 11) is 0. The highest BCUT2D eigenvalue weighted by molar-refractivity contribution is 14.1. The highest BCUT2D eigenvalue weighted by atomic mass is 127. The number of hydrogen-bond donors (Lipinski definition) is 2. The average Bonchev–Trinajstić information content (AvgIpc) is 3.92. The molecule has 5 heteroatoms. The van der Waals surface area contributed by atoms with Crippen LogP contribution in [0.4, 0.5) is 17.1 Å². The van der Waals surface area contributed by atoms with E-state index in [2.05, 4.69) is 174 Å². The second-order valence-electron chi connectivity index (χ2n) is 14.8. The molecule has 4 nitrogen and oxygen atoms in total. The number of nitrogen functional groups attached to an aromatic ring is 1. The van der Waals surface area contributed by atoms with Crippen LogP contribution < -0.4 is 11.1 Å². The Hall–Kier alpha value is -7.35. The number of fused-ring (bicyclic) bond motifs is 10. The van der Waals surface area contributed by atoms with Crippen molar-refractivity contribution in [3.8, 4) is 22.3 Å². The lowest BCUT2D eigenvalue weighted by Crippen LogP contribution is -1.94. The van der Waals surface area contributed by atoms with Gasteiger partial charge in [-0.3, -0.25) is 0 Å². The van der Waals surface area contributed by atoms with Crippen LogP contribution in [0.1, 0.15) is 7.43 Å². The van der Waals surface area contributed by atoms with Gasteiger partial charge in [-0.1, -0.05) is 189 Å². The normalized spacial score (nSPS) is 10.9. The van der Waals surface area contributed by atoms with Crippen molar-refractivity contribution >= 4 is 105 Å². The molecule has 62 heavy (non-hydrogen) atoms. The fraction of sp³-hybridized carbons (Fsp3) is 0.0175. The standard InChI is InChI=1S/C28H19NO.C16H9IO.C12H11N.CH4/c1-2-10-19(11-3-1)21-13-6-8-16-24(21)29-25-18-20-12-4-5-14-22(20)27-23-15-7-9-17-26(23)30-28(25)27;17-13-9-10-5-1-2-6-11(10)15-12-7-3-4-8-14(12)18-16(13)15;13-12-9-5-4-8-11(12)10-6-2-1-3-7-10;/h1-18,29H;1-9H;1-9H,13H2;1H4. The van der Waals surface area contributed by atoms with Crippen molar-refractivity contribution in [2.75, 3.05) is 11.1 Å². The first-order valence-electron chi connectivity index (χ1n) is 20.2. The third-order valence-electron chi connectivity index (χ3n) is 11.0. The van der Waals surface area contributed by atoms with E-state index in [4.69, 9.17) is 14.6 Å². The van der Waals surface area contributed by atoms with Gasteiger partial charge in [-0.25, -0.2) is 0 Å². The number of anilines is 3. The van der Waals surface area contributed by atoms with E-state index in [0.29, 0.717) is 0 Å². The van der Waals surface area contributed by atoms with E-state index < -0.39 is 0 Å². The molecule has 2 heterocycles. The van der Waals surface area contributed by atoms with Crippen molar-refractivity contribution in [1.29, 1.82) is 0 Å². The Kier molecular flexibility index (Phi) is 11.4. The zero-order valence-corrected chi connectivity index (χ0v) is 35.2. The van der Waals surface area contributed by atoms with Crippen LogP contribution in [-0.2, 0) is 0 Å². The lowest BCUT2D eigenvalue weighted by atomic mass is 10.0. The first-order chi connectivity index (χ1) is 30.1. The summed E-state index contributed by atoms with van der Waals surface area (Å²) >= 11 is 2.35. The van der Waals surface area contributed by atoms with Crippen LogP contribution in [0.2, 0.25) is 0 Å². The van der Waals surface area contributed by atoms with Crippen molar-refractivity contribution in [3.05, 3.63) is 222 Å². The maximum atomic E-state index is 6.35. The number of nitrogens with one attached hydrogen (secondary N) is 1. The number of halogens is 1. The minimum atomic E-state index is 0. The molecule has 12 rings (SSSR count). The first kappa shape index (κ1) is 40.1. The molecule has 0 radical (unpaired) electrons. The monoisotopic (exact) mass is 914 g/mol. The van der Waals surface area contributed by atoms with Gasteiger partial charge in [0.15, 0.2) is 5.58 Å². The molecule has 3 N–H and O–H groups in total. The molecular formula is C57H43IN2O2. The number of furan rings is 2. The molecule has 10 aromatic carbocycles. The molecular weight excluding hydrogens is 872 g/mol. The zero-order chi connectivity index (χ0) is 41.1. The lowest BCUT2D eigenvalue weighted by molar-refractivity contribution is 0.667. The van der Waals surface area contributed by atoms with E-state index in [-0.39, 0.29) is 7.43 Å². The van der Waals surface area contributed by atoms with Gasteiger partial charge in [0.25, 0.3) is 0 Å². The Morgan fingerprint density at radius 2 is 0.823 bits per heavy atom. The summed E-state index contributed by atoms with van der Waals surface area (Å²) in [6.07, 6.45) is 0. The van der Waals surface area contributed by atoms with Gasteiger partial charge in [-0.05, 0) is 91.7 Å². The fourth-order valence-electron chi connectivity index (χ4n) is 8.18. The van der Waals surface area contributed by atoms with Gasteiger partial charge in [0, 0.05) is 44.0 Å². The molecule has 0 saturated heterocycles. The maximum Gasteiger partial charge on any atom is 0.159 e. The van der Waals surface area contributed by atoms with E-state index >= 15 is 0 Å². The zero-order valence-electron chi connectivity index (χ0n) is 33.1. The average molecular weight is 915 g/mol. The Morgan fingerprint density at radius 3 is 1.44 bits per heavy atom. The molecule has 0 aliphatic heterocycles. The third kappa shape index (κ3) is 7.75. The molecule has 0 fully saturated rings. The molecule has 0 bridgehead atoms. The molecule has 0 saturated carbocycles. The second kappa shape index (κ2) is 17.7. The van der Waals surface area contributed by atoms with Gasteiger partial charge in [0.2, 0.25) is 0 Å². The van der Waals surface area contributed by atoms with Crippen LogP contribution >= 0.6 is 22.6 Å². The fourth-order valence-corrected chi connectivity index (χ4v) is 8.90. The lowest BCUT2D eigenvalue weighted by Gasteiger charge is -2.14. The van der Waals surface area contributed by atoms with Crippen LogP contribution in [0.3, 0.4) is 0 Å². The summed E-state index contributed by atoms with van der Waals surface area (Å²) in [6, 6.07) is 74.7. The van der Waals surface area contributed by atoms with Crippen molar-refractivity contribution in [2.24, 2.45) is 0 Å². The van der Waals surface area contributed by atoms with E-state index in [1.165, 1.54) is 43.4 Å². The molecule has 0 atom stereocenters. The van der Waals surface area contributed by atoms with Crippen molar-refractivity contribution in [3.63, 3.8) is 0 Å². The molecule has 0 aliphatic rings. The highest BCUT2D eigenvalue weighted by Crippen LogP contribution is 2.42. The van der Waals surface area contributed by atoms with Gasteiger partial charge in [-0.15, -0.1) is 0 Å². The van der Waals surface area contributed by atoms with E-state index in [1.54, 1.807) is 0 Å².